The third kappa shape index (κ3) is 4.43. The molecule has 1 N–H and O–H groups in total. The summed E-state index contributed by atoms with van der Waals surface area (Å²) in [5.74, 6) is 0. The Morgan fingerprint density at radius 3 is 1.35 bits per heavy atom. The fraction of sp³-hybridized carbons (Fsp3) is 0.143. The number of benzene rings is 4. The second-order valence-electron chi connectivity index (χ2n) is 7.47. The summed E-state index contributed by atoms with van der Waals surface area (Å²) < 4.78 is 21.5. The number of aliphatic hydroxyl groups excluding tert-OH is 1. The molecule has 0 aromatic heterocycles. The lowest BCUT2D eigenvalue weighted by Crippen LogP contribution is -2.36. The van der Waals surface area contributed by atoms with Gasteiger partial charge in [0.05, 0.1) is 6.61 Å². The van der Waals surface area contributed by atoms with Crippen LogP contribution in [0.4, 0.5) is 4.39 Å². The molecule has 2 nitrogen and oxygen atoms in total. The average Bonchev–Trinajstić information content (AvgIpc) is 2.86. The van der Waals surface area contributed by atoms with E-state index in [0.29, 0.717) is 5.56 Å². The summed E-state index contributed by atoms with van der Waals surface area (Å²) >= 11 is 0. The molecule has 4 aromatic rings. The van der Waals surface area contributed by atoms with E-state index in [9.17, 15) is 9.50 Å². The molecular weight excluding hydrogens is 387 g/mol. The van der Waals surface area contributed by atoms with Crippen LogP contribution in [-0.2, 0) is 10.3 Å². The van der Waals surface area contributed by atoms with Gasteiger partial charge in [-0.2, -0.15) is 0 Å². The molecule has 0 fully saturated rings. The molecule has 0 radical (unpaired) electrons. The van der Waals surface area contributed by atoms with E-state index < -0.39 is 17.9 Å². The molecular formula is C28H25FO2. The Bertz CT molecular complexity index is 957. The summed E-state index contributed by atoms with van der Waals surface area (Å²) in [4.78, 5) is 0. The Labute approximate surface area is 182 Å². The molecule has 0 heterocycles. The molecule has 0 aliphatic carbocycles. The zero-order chi connectivity index (χ0) is 21.5. The Balaban J connectivity index is 1.75. The van der Waals surface area contributed by atoms with Crippen LogP contribution in [0.5, 0.6) is 0 Å². The third-order valence-corrected chi connectivity index (χ3v) is 5.47. The molecule has 156 valence electrons. The van der Waals surface area contributed by atoms with Crippen molar-refractivity contribution in [2.45, 2.75) is 17.9 Å². The standard InChI is InChI=1S/C28H25FO2/c29-27(22-13-5-1-6-14-22)26(30)21-31-28(23-15-7-2-8-16-23,24-17-9-3-10-18-24)25-19-11-4-12-20-25/h1-20,26-27,30H,21H2/t26-,27+/m0/s1. The summed E-state index contributed by atoms with van der Waals surface area (Å²) in [5, 5.41) is 10.7. The Morgan fingerprint density at radius 1 is 0.613 bits per heavy atom. The molecule has 4 aromatic carbocycles. The summed E-state index contributed by atoms with van der Waals surface area (Å²) in [5.41, 5.74) is 2.18. The maximum atomic E-state index is 15.0. The minimum Gasteiger partial charge on any atom is -0.387 e. The smallest absolute Gasteiger partial charge is 0.153 e. The average molecular weight is 413 g/mol. The minimum atomic E-state index is -1.54. The van der Waals surface area contributed by atoms with Crippen molar-refractivity contribution >= 4 is 0 Å². The number of hydrogen-bond donors (Lipinski definition) is 1. The van der Waals surface area contributed by atoms with Crippen LogP contribution < -0.4 is 0 Å². The predicted octanol–water partition coefficient (Wildman–Crippen LogP) is 6.07. The Morgan fingerprint density at radius 2 is 0.968 bits per heavy atom. The van der Waals surface area contributed by atoms with E-state index in [4.69, 9.17) is 4.74 Å². The van der Waals surface area contributed by atoms with Gasteiger partial charge in [0.25, 0.3) is 0 Å². The predicted molar refractivity (Wildman–Crippen MR) is 121 cm³/mol. The van der Waals surface area contributed by atoms with Crippen molar-refractivity contribution in [3.63, 3.8) is 0 Å². The summed E-state index contributed by atoms with van der Waals surface area (Å²) in [6.45, 7) is -0.172. The van der Waals surface area contributed by atoms with Crippen molar-refractivity contribution in [3.8, 4) is 0 Å². The molecule has 31 heavy (non-hydrogen) atoms. The highest BCUT2D eigenvalue weighted by atomic mass is 19.1. The van der Waals surface area contributed by atoms with Gasteiger partial charge in [0.1, 0.15) is 11.7 Å². The van der Waals surface area contributed by atoms with Gasteiger partial charge in [-0.25, -0.2) is 4.39 Å². The van der Waals surface area contributed by atoms with Crippen LogP contribution >= 0.6 is 0 Å². The van der Waals surface area contributed by atoms with E-state index in [-0.39, 0.29) is 6.61 Å². The largest absolute Gasteiger partial charge is 0.387 e. The SMILES string of the molecule is O[C@@H](COC(c1ccccc1)(c1ccccc1)c1ccccc1)[C@H](F)c1ccccc1. The van der Waals surface area contributed by atoms with Gasteiger partial charge in [-0.05, 0) is 22.3 Å². The quantitative estimate of drug-likeness (QED) is 0.356. The third-order valence-electron chi connectivity index (χ3n) is 5.47. The highest BCUT2D eigenvalue weighted by Crippen LogP contribution is 2.41. The van der Waals surface area contributed by atoms with Gasteiger partial charge >= 0.3 is 0 Å². The van der Waals surface area contributed by atoms with E-state index in [2.05, 4.69) is 0 Å². The lowest BCUT2D eigenvalue weighted by molar-refractivity contribution is -0.0617. The zero-order valence-electron chi connectivity index (χ0n) is 17.1. The summed E-state index contributed by atoms with van der Waals surface area (Å²) in [7, 11) is 0. The number of ether oxygens (including phenoxy) is 1. The zero-order valence-corrected chi connectivity index (χ0v) is 17.1. The van der Waals surface area contributed by atoms with Crippen LogP contribution in [0, 0.1) is 0 Å². The first-order chi connectivity index (χ1) is 15.2. The van der Waals surface area contributed by atoms with Gasteiger partial charge in [-0.3, -0.25) is 0 Å². The van der Waals surface area contributed by atoms with Crippen LogP contribution in [0.3, 0.4) is 0 Å². The van der Waals surface area contributed by atoms with Crippen molar-refractivity contribution in [2.24, 2.45) is 0 Å². The molecule has 0 unspecified atom stereocenters. The van der Waals surface area contributed by atoms with Gasteiger partial charge in [0.15, 0.2) is 6.17 Å². The highest BCUT2D eigenvalue weighted by Gasteiger charge is 2.38. The van der Waals surface area contributed by atoms with E-state index in [1.54, 1.807) is 24.3 Å². The number of hydrogen-bond acceptors (Lipinski definition) is 2. The lowest BCUT2D eigenvalue weighted by atomic mass is 9.80. The van der Waals surface area contributed by atoms with E-state index >= 15 is 0 Å². The molecule has 4 rings (SSSR count). The van der Waals surface area contributed by atoms with Crippen LogP contribution in [0.1, 0.15) is 28.4 Å². The molecule has 0 amide bonds. The summed E-state index contributed by atoms with van der Waals surface area (Å²) in [6.07, 6.45) is -2.85. The fourth-order valence-electron chi connectivity index (χ4n) is 3.92. The Kier molecular flexibility index (Phi) is 6.56. The van der Waals surface area contributed by atoms with Gasteiger partial charge in [0.2, 0.25) is 0 Å². The molecule has 2 atom stereocenters. The van der Waals surface area contributed by atoms with Gasteiger partial charge in [0, 0.05) is 0 Å². The molecule has 0 saturated heterocycles. The van der Waals surface area contributed by atoms with Crippen molar-refractivity contribution < 1.29 is 14.2 Å². The maximum Gasteiger partial charge on any atom is 0.153 e. The number of rotatable bonds is 8. The summed E-state index contributed by atoms with van der Waals surface area (Å²) in [6, 6.07) is 38.3. The molecule has 0 spiro atoms. The van der Waals surface area contributed by atoms with Crippen molar-refractivity contribution in [2.75, 3.05) is 6.61 Å². The first kappa shape index (κ1) is 21.0. The highest BCUT2D eigenvalue weighted by molar-refractivity contribution is 5.47. The van der Waals surface area contributed by atoms with Crippen LogP contribution in [0.25, 0.3) is 0 Å². The van der Waals surface area contributed by atoms with Gasteiger partial charge < -0.3 is 9.84 Å². The maximum absolute atomic E-state index is 15.0. The van der Waals surface area contributed by atoms with Gasteiger partial charge in [-0.15, -0.1) is 0 Å². The minimum absolute atomic E-state index is 0.172. The molecule has 0 aliphatic rings. The van der Waals surface area contributed by atoms with E-state index in [1.165, 1.54) is 0 Å². The Hall–Kier alpha value is -3.27. The first-order valence-corrected chi connectivity index (χ1v) is 10.4. The van der Waals surface area contributed by atoms with Crippen LogP contribution in [0.15, 0.2) is 121 Å². The van der Waals surface area contributed by atoms with Gasteiger partial charge in [-0.1, -0.05) is 121 Å². The second-order valence-corrected chi connectivity index (χ2v) is 7.47. The normalized spacial score (nSPS) is 13.5. The van der Waals surface area contributed by atoms with E-state index in [0.717, 1.165) is 16.7 Å². The van der Waals surface area contributed by atoms with Crippen molar-refractivity contribution in [1.82, 2.24) is 0 Å². The topological polar surface area (TPSA) is 29.5 Å². The lowest BCUT2D eigenvalue weighted by Gasteiger charge is -2.37. The molecule has 0 bridgehead atoms. The van der Waals surface area contributed by atoms with Crippen molar-refractivity contribution in [3.05, 3.63) is 144 Å². The second kappa shape index (κ2) is 9.69. The number of alkyl halides is 1. The molecule has 0 aliphatic heterocycles. The molecule has 3 heteroatoms. The van der Waals surface area contributed by atoms with E-state index in [1.807, 2.05) is 97.1 Å². The number of halogens is 1. The van der Waals surface area contributed by atoms with Crippen molar-refractivity contribution in [1.29, 1.82) is 0 Å². The monoisotopic (exact) mass is 412 g/mol. The molecule has 0 saturated carbocycles. The number of aliphatic hydroxyl groups is 1. The van der Waals surface area contributed by atoms with Crippen LogP contribution in [-0.4, -0.2) is 17.8 Å². The van der Waals surface area contributed by atoms with Crippen LogP contribution in [0.2, 0.25) is 0 Å². The first-order valence-electron chi connectivity index (χ1n) is 10.4. The fourth-order valence-corrected chi connectivity index (χ4v) is 3.92.